The fourth-order valence-corrected chi connectivity index (χ4v) is 3.77. The summed E-state index contributed by atoms with van der Waals surface area (Å²) in [4.78, 5) is 48.9. The Morgan fingerprint density at radius 2 is 1.38 bits per heavy atom. The largest absolute Gasteiger partial charge is 0.461 e. The molecule has 0 saturated carbocycles. The van der Waals surface area contributed by atoms with E-state index in [2.05, 4.69) is 5.32 Å². The summed E-state index contributed by atoms with van der Waals surface area (Å²) in [6.07, 6.45) is -0.172. The number of nitrogens with one attached hydrogen (secondary N) is 1. The normalized spacial score (nSPS) is 11.3. The van der Waals surface area contributed by atoms with Crippen molar-refractivity contribution in [1.82, 2.24) is 5.32 Å². The lowest BCUT2D eigenvalue weighted by molar-refractivity contribution is -0.386. The Kier molecular flexibility index (Phi) is 9.48. The van der Waals surface area contributed by atoms with Crippen LogP contribution in [0.1, 0.15) is 45.5 Å². The number of rotatable bonds is 11. The minimum Gasteiger partial charge on any atom is -0.461 e. The Morgan fingerprint density at radius 3 is 1.89 bits per heavy atom. The summed E-state index contributed by atoms with van der Waals surface area (Å²) in [5.74, 6) is -1.84. The molecular formula is C28H28N2O7. The van der Waals surface area contributed by atoms with Crippen LogP contribution in [0.4, 0.5) is 5.69 Å². The molecule has 0 spiro atoms. The summed E-state index contributed by atoms with van der Waals surface area (Å²) in [6, 6.07) is 19.9. The van der Waals surface area contributed by atoms with Crippen molar-refractivity contribution in [3.63, 3.8) is 0 Å². The van der Waals surface area contributed by atoms with Crippen molar-refractivity contribution in [2.45, 2.75) is 45.9 Å². The lowest BCUT2D eigenvalue weighted by atomic mass is 10.0. The Balaban J connectivity index is 1.68. The van der Waals surface area contributed by atoms with E-state index in [1.165, 1.54) is 26.0 Å². The number of nitro benzene ring substituents is 1. The van der Waals surface area contributed by atoms with E-state index in [1.807, 2.05) is 48.5 Å². The highest BCUT2D eigenvalue weighted by molar-refractivity contribution is 5.97. The highest BCUT2D eigenvalue weighted by Crippen LogP contribution is 2.24. The zero-order chi connectivity index (χ0) is 26.8. The number of ether oxygens (including phenoxy) is 2. The molecule has 3 rings (SSSR count). The minimum absolute atomic E-state index is 0.000243. The highest BCUT2D eigenvalue weighted by atomic mass is 16.6. The molecule has 0 saturated heterocycles. The topological polar surface area (TPSA) is 125 Å². The first-order valence-electron chi connectivity index (χ1n) is 11.7. The average Bonchev–Trinajstić information content (AvgIpc) is 2.88. The quantitative estimate of drug-likeness (QED) is 0.230. The molecule has 1 unspecified atom stereocenters. The van der Waals surface area contributed by atoms with Crippen molar-refractivity contribution in [1.29, 1.82) is 0 Å². The van der Waals surface area contributed by atoms with E-state index in [0.717, 1.165) is 11.1 Å². The summed E-state index contributed by atoms with van der Waals surface area (Å²) < 4.78 is 10.7. The number of amides is 1. The van der Waals surface area contributed by atoms with Crippen LogP contribution in [-0.2, 0) is 32.3 Å². The van der Waals surface area contributed by atoms with Crippen molar-refractivity contribution >= 4 is 23.5 Å². The number of nitrogens with zero attached hydrogens (tertiary/aromatic N) is 1. The molecule has 192 valence electrons. The van der Waals surface area contributed by atoms with Gasteiger partial charge in [-0.2, -0.15) is 0 Å². The zero-order valence-electron chi connectivity index (χ0n) is 20.6. The van der Waals surface area contributed by atoms with Crippen molar-refractivity contribution < 1.29 is 28.8 Å². The van der Waals surface area contributed by atoms with Crippen LogP contribution in [0.25, 0.3) is 0 Å². The zero-order valence-corrected chi connectivity index (χ0v) is 20.6. The Morgan fingerprint density at radius 1 is 0.865 bits per heavy atom. The third-order valence-electron chi connectivity index (χ3n) is 5.63. The van der Waals surface area contributed by atoms with Crippen molar-refractivity contribution in [3.05, 3.63) is 111 Å². The van der Waals surface area contributed by atoms with Gasteiger partial charge in [0.05, 0.1) is 4.92 Å². The summed E-state index contributed by atoms with van der Waals surface area (Å²) >= 11 is 0. The van der Waals surface area contributed by atoms with Gasteiger partial charge in [-0.1, -0.05) is 60.7 Å². The smallest absolute Gasteiger partial charge is 0.328 e. The second-order valence-corrected chi connectivity index (χ2v) is 8.52. The van der Waals surface area contributed by atoms with E-state index < -0.39 is 28.8 Å². The average molecular weight is 505 g/mol. The summed E-state index contributed by atoms with van der Waals surface area (Å²) in [5.41, 5.74) is 2.33. The highest BCUT2D eigenvalue weighted by Gasteiger charge is 2.26. The molecular weight excluding hydrogens is 476 g/mol. The number of hydrogen-bond acceptors (Lipinski definition) is 7. The summed E-state index contributed by atoms with van der Waals surface area (Å²) in [6.45, 7) is 3.17. The molecule has 0 radical (unpaired) electrons. The van der Waals surface area contributed by atoms with Crippen LogP contribution >= 0.6 is 0 Å². The molecule has 0 aliphatic heterocycles. The van der Waals surface area contributed by atoms with Crippen LogP contribution in [0, 0.1) is 24.0 Å². The van der Waals surface area contributed by atoms with Gasteiger partial charge in [-0.05, 0) is 43.5 Å². The standard InChI is InChI=1S/C28H28N2O7/c1-19-15-23(16-20(2)26(19)30(34)35)27(32)29-24(28(33)37-18-22-11-7-4-8-12-22)13-14-25(31)36-17-21-9-5-3-6-10-21/h3-12,15-16,24H,13-14,17-18H2,1-2H3,(H,29,32). The van der Waals surface area contributed by atoms with Crippen LogP contribution < -0.4 is 5.32 Å². The van der Waals surface area contributed by atoms with Gasteiger partial charge in [-0.25, -0.2) is 4.79 Å². The minimum atomic E-state index is -1.13. The number of aryl methyl sites for hydroxylation is 2. The van der Waals surface area contributed by atoms with Crippen LogP contribution in [-0.4, -0.2) is 28.8 Å². The number of carbonyl (C=O) groups excluding carboxylic acids is 3. The van der Waals surface area contributed by atoms with Crippen LogP contribution in [0.5, 0.6) is 0 Å². The fourth-order valence-electron chi connectivity index (χ4n) is 3.77. The van der Waals surface area contributed by atoms with E-state index >= 15 is 0 Å². The maximum Gasteiger partial charge on any atom is 0.328 e. The molecule has 3 aromatic carbocycles. The van der Waals surface area contributed by atoms with E-state index in [-0.39, 0.29) is 37.3 Å². The van der Waals surface area contributed by atoms with Gasteiger partial charge in [0.25, 0.3) is 11.6 Å². The second kappa shape index (κ2) is 13.0. The monoisotopic (exact) mass is 504 g/mol. The molecule has 9 heteroatoms. The van der Waals surface area contributed by atoms with E-state index in [0.29, 0.717) is 11.1 Å². The van der Waals surface area contributed by atoms with Gasteiger partial charge in [0, 0.05) is 23.1 Å². The van der Waals surface area contributed by atoms with Gasteiger partial charge >= 0.3 is 11.9 Å². The molecule has 9 nitrogen and oxygen atoms in total. The maximum absolute atomic E-state index is 13.0. The Bertz CT molecular complexity index is 1240. The molecule has 37 heavy (non-hydrogen) atoms. The lowest BCUT2D eigenvalue weighted by Crippen LogP contribution is -2.42. The van der Waals surface area contributed by atoms with Gasteiger partial charge in [-0.15, -0.1) is 0 Å². The predicted octanol–water partition coefficient (Wildman–Crippen LogP) is 4.58. The Hall–Kier alpha value is -4.53. The number of carbonyl (C=O) groups is 3. The van der Waals surface area contributed by atoms with E-state index in [1.54, 1.807) is 12.1 Å². The third kappa shape index (κ3) is 7.99. The van der Waals surface area contributed by atoms with E-state index in [9.17, 15) is 24.5 Å². The van der Waals surface area contributed by atoms with Crippen molar-refractivity contribution in [2.75, 3.05) is 0 Å². The number of benzene rings is 3. The van der Waals surface area contributed by atoms with Gasteiger partial charge in [-0.3, -0.25) is 19.7 Å². The molecule has 1 amide bonds. The molecule has 1 atom stereocenters. The van der Waals surface area contributed by atoms with Crippen molar-refractivity contribution in [2.24, 2.45) is 0 Å². The SMILES string of the molecule is Cc1cc(C(=O)NC(CCC(=O)OCc2ccccc2)C(=O)OCc2ccccc2)cc(C)c1[N+](=O)[O-]. The second-order valence-electron chi connectivity index (χ2n) is 8.52. The van der Waals surface area contributed by atoms with E-state index in [4.69, 9.17) is 9.47 Å². The molecule has 0 heterocycles. The van der Waals surface area contributed by atoms with Crippen LogP contribution in [0.3, 0.4) is 0 Å². The first kappa shape index (κ1) is 27.1. The van der Waals surface area contributed by atoms with Crippen LogP contribution in [0.2, 0.25) is 0 Å². The predicted molar refractivity (Wildman–Crippen MR) is 136 cm³/mol. The maximum atomic E-state index is 13.0. The lowest BCUT2D eigenvalue weighted by Gasteiger charge is -2.18. The summed E-state index contributed by atoms with van der Waals surface area (Å²) in [7, 11) is 0. The Labute approximate surface area is 214 Å². The van der Waals surface area contributed by atoms with Gasteiger partial charge < -0.3 is 14.8 Å². The molecule has 0 bridgehead atoms. The molecule has 1 N–H and O–H groups in total. The number of hydrogen-bond donors (Lipinski definition) is 1. The van der Waals surface area contributed by atoms with Crippen molar-refractivity contribution in [3.8, 4) is 0 Å². The van der Waals surface area contributed by atoms with Gasteiger partial charge in [0.15, 0.2) is 0 Å². The van der Waals surface area contributed by atoms with Crippen LogP contribution in [0.15, 0.2) is 72.8 Å². The molecule has 0 aromatic heterocycles. The van der Waals surface area contributed by atoms with Gasteiger partial charge in [0.2, 0.25) is 0 Å². The number of esters is 2. The molecule has 0 fully saturated rings. The summed E-state index contributed by atoms with van der Waals surface area (Å²) in [5, 5.41) is 13.9. The third-order valence-corrected chi connectivity index (χ3v) is 5.63. The van der Waals surface area contributed by atoms with Gasteiger partial charge in [0.1, 0.15) is 19.3 Å². The molecule has 0 aliphatic rings. The first-order chi connectivity index (χ1) is 17.7. The fraction of sp³-hybridized carbons (Fsp3) is 0.250. The first-order valence-corrected chi connectivity index (χ1v) is 11.7. The molecule has 3 aromatic rings. The molecule has 0 aliphatic carbocycles. The number of nitro groups is 1.